The molecule has 2 N–H and O–H groups in total. The second-order valence-electron chi connectivity index (χ2n) is 5.15. The van der Waals surface area contributed by atoms with Crippen LogP contribution in [0.5, 0.6) is 0 Å². The molecular formula is C13H15ClN2O5S. The van der Waals surface area contributed by atoms with E-state index in [4.69, 9.17) is 16.7 Å². The van der Waals surface area contributed by atoms with Crippen molar-refractivity contribution in [1.82, 2.24) is 9.62 Å². The molecule has 1 amide bonds. The number of hydrogen-bond acceptors (Lipinski definition) is 4. The number of benzene rings is 1. The van der Waals surface area contributed by atoms with Crippen molar-refractivity contribution >= 4 is 33.5 Å². The molecule has 1 fully saturated rings. The first kappa shape index (κ1) is 16.7. The Kier molecular flexibility index (Phi) is 4.46. The van der Waals surface area contributed by atoms with Gasteiger partial charge in [-0.3, -0.25) is 4.79 Å². The van der Waals surface area contributed by atoms with Crippen LogP contribution < -0.4 is 5.32 Å². The summed E-state index contributed by atoms with van der Waals surface area (Å²) in [5, 5.41) is 11.8. The SMILES string of the molecule is CN(CC(=O)NC1(C(=O)O)CC1)S(=O)(=O)c1ccc(Cl)cc1. The van der Waals surface area contributed by atoms with Gasteiger partial charge in [0.2, 0.25) is 15.9 Å². The Hall–Kier alpha value is -1.64. The zero-order valence-corrected chi connectivity index (χ0v) is 13.3. The van der Waals surface area contributed by atoms with Gasteiger partial charge in [0.15, 0.2) is 0 Å². The molecule has 0 spiro atoms. The van der Waals surface area contributed by atoms with E-state index in [1.165, 1.54) is 31.3 Å². The summed E-state index contributed by atoms with van der Waals surface area (Å²) in [6.45, 7) is -0.458. The van der Waals surface area contributed by atoms with Crippen LogP contribution in [0, 0.1) is 0 Å². The Labute approximate surface area is 132 Å². The fourth-order valence-corrected chi connectivity index (χ4v) is 3.15. The molecule has 0 unspecified atom stereocenters. The van der Waals surface area contributed by atoms with Crippen molar-refractivity contribution in [2.75, 3.05) is 13.6 Å². The number of amides is 1. The molecule has 0 saturated heterocycles. The first-order valence-corrected chi connectivity index (χ1v) is 8.25. The molecule has 0 heterocycles. The highest BCUT2D eigenvalue weighted by Crippen LogP contribution is 2.35. The molecule has 0 aliphatic heterocycles. The van der Waals surface area contributed by atoms with Crippen LogP contribution in [0.25, 0.3) is 0 Å². The zero-order chi connectivity index (χ0) is 16.5. The Bertz CT molecular complexity index is 698. The summed E-state index contributed by atoms with van der Waals surface area (Å²) in [5.74, 6) is -1.76. The average molecular weight is 347 g/mol. The Morgan fingerprint density at radius 3 is 2.32 bits per heavy atom. The quantitative estimate of drug-likeness (QED) is 0.788. The summed E-state index contributed by atoms with van der Waals surface area (Å²) in [6, 6.07) is 5.55. The maximum absolute atomic E-state index is 12.3. The third-order valence-electron chi connectivity index (χ3n) is 3.43. The summed E-state index contributed by atoms with van der Waals surface area (Å²) in [5.41, 5.74) is -1.23. The van der Waals surface area contributed by atoms with Crippen LogP contribution in [0.1, 0.15) is 12.8 Å². The van der Waals surface area contributed by atoms with Gasteiger partial charge in [0.05, 0.1) is 11.4 Å². The van der Waals surface area contributed by atoms with Gasteiger partial charge < -0.3 is 10.4 Å². The fraction of sp³-hybridized carbons (Fsp3) is 0.385. The monoisotopic (exact) mass is 346 g/mol. The van der Waals surface area contributed by atoms with Crippen LogP contribution in [0.15, 0.2) is 29.2 Å². The van der Waals surface area contributed by atoms with Gasteiger partial charge in [-0.25, -0.2) is 13.2 Å². The predicted octanol–water partition coefficient (Wildman–Crippen LogP) is 0.694. The highest BCUT2D eigenvalue weighted by Gasteiger charge is 2.51. The molecule has 9 heteroatoms. The number of sulfonamides is 1. The number of carboxylic acids is 1. The fourth-order valence-electron chi connectivity index (χ4n) is 1.90. The predicted molar refractivity (Wildman–Crippen MR) is 79.0 cm³/mol. The number of halogens is 1. The number of nitrogens with one attached hydrogen (secondary N) is 1. The van der Waals surface area contributed by atoms with Crippen molar-refractivity contribution in [3.8, 4) is 0 Å². The lowest BCUT2D eigenvalue weighted by molar-refractivity contribution is -0.143. The highest BCUT2D eigenvalue weighted by atomic mass is 35.5. The minimum absolute atomic E-state index is 0.00608. The zero-order valence-electron chi connectivity index (χ0n) is 11.7. The molecule has 1 aliphatic rings. The number of carbonyl (C=O) groups is 2. The molecule has 0 aromatic heterocycles. The smallest absolute Gasteiger partial charge is 0.329 e. The minimum Gasteiger partial charge on any atom is -0.480 e. The number of carboxylic acid groups (broad SMARTS) is 1. The standard InChI is InChI=1S/C13H15ClN2O5S/c1-16(8-11(17)15-13(6-7-13)12(18)19)22(20,21)10-4-2-9(14)3-5-10/h2-5H,6-8H2,1H3,(H,15,17)(H,18,19). The second kappa shape index (κ2) is 5.86. The molecule has 0 radical (unpaired) electrons. The number of aliphatic carboxylic acids is 1. The van der Waals surface area contributed by atoms with Gasteiger partial charge in [0.1, 0.15) is 5.54 Å². The van der Waals surface area contributed by atoms with E-state index in [-0.39, 0.29) is 4.90 Å². The highest BCUT2D eigenvalue weighted by molar-refractivity contribution is 7.89. The number of hydrogen-bond donors (Lipinski definition) is 2. The topological polar surface area (TPSA) is 104 Å². The number of likely N-dealkylation sites (N-methyl/N-ethyl adjacent to an activating group) is 1. The first-order valence-electron chi connectivity index (χ1n) is 6.44. The van der Waals surface area contributed by atoms with Crippen LogP contribution in [0.4, 0.5) is 0 Å². The van der Waals surface area contributed by atoms with Crippen LogP contribution in [-0.4, -0.2) is 48.8 Å². The van der Waals surface area contributed by atoms with Crippen LogP contribution in [-0.2, 0) is 19.6 Å². The van der Waals surface area contributed by atoms with E-state index in [1.807, 2.05) is 0 Å². The molecule has 120 valence electrons. The van der Waals surface area contributed by atoms with Gasteiger partial charge in [0.25, 0.3) is 0 Å². The van der Waals surface area contributed by atoms with Gasteiger partial charge >= 0.3 is 5.97 Å². The third-order valence-corrected chi connectivity index (χ3v) is 5.50. The van der Waals surface area contributed by atoms with E-state index in [0.717, 1.165) is 4.31 Å². The molecule has 1 aromatic carbocycles. The van der Waals surface area contributed by atoms with E-state index >= 15 is 0 Å². The van der Waals surface area contributed by atoms with Gasteiger partial charge in [-0.2, -0.15) is 4.31 Å². The van der Waals surface area contributed by atoms with E-state index < -0.39 is 34.0 Å². The first-order chi connectivity index (χ1) is 10.2. The molecular weight excluding hydrogens is 332 g/mol. The van der Waals surface area contributed by atoms with Crippen molar-refractivity contribution in [3.63, 3.8) is 0 Å². The molecule has 0 atom stereocenters. The van der Waals surface area contributed by atoms with Crippen LogP contribution in [0.2, 0.25) is 5.02 Å². The summed E-state index contributed by atoms with van der Waals surface area (Å²) in [7, 11) is -2.59. The maximum atomic E-state index is 12.3. The maximum Gasteiger partial charge on any atom is 0.329 e. The van der Waals surface area contributed by atoms with Gasteiger partial charge in [0, 0.05) is 12.1 Å². The Balaban J connectivity index is 2.05. The molecule has 0 bridgehead atoms. The molecule has 7 nitrogen and oxygen atoms in total. The molecule has 22 heavy (non-hydrogen) atoms. The lowest BCUT2D eigenvalue weighted by Crippen LogP contribution is -2.47. The van der Waals surface area contributed by atoms with E-state index in [1.54, 1.807) is 0 Å². The van der Waals surface area contributed by atoms with Crippen molar-refractivity contribution < 1.29 is 23.1 Å². The van der Waals surface area contributed by atoms with Crippen LogP contribution >= 0.6 is 11.6 Å². The van der Waals surface area contributed by atoms with E-state index in [9.17, 15) is 18.0 Å². The van der Waals surface area contributed by atoms with E-state index in [0.29, 0.717) is 17.9 Å². The number of nitrogens with zero attached hydrogens (tertiary/aromatic N) is 1. The third kappa shape index (κ3) is 3.40. The van der Waals surface area contributed by atoms with Gasteiger partial charge in [-0.1, -0.05) is 11.6 Å². The summed E-state index contributed by atoms with van der Waals surface area (Å²) >= 11 is 5.71. The summed E-state index contributed by atoms with van der Waals surface area (Å²) in [6.07, 6.45) is 0.698. The largest absolute Gasteiger partial charge is 0.480 e. The second-order valence-corrected chi connectivity index (χ2v) is 7.63. The van der Waals surface area contributed by atoms with Crippen molar-refractivity contribution in [3.05, 3.63) is 29.3 Å². The molecule has 1 aromatic rings. The molecule has 2 rings (SSSR count). The van der Waals surface area contributed by atoms with Crippen molar-refractivity contribution in [2.24, 2.45) is 0 Å². The number of carbonyl (C=O) groups excluding carboxylic acids is 1. The van der Waals surface area contributed by atoms with E-state index in [2.05, 4.69) is 5.32 Å². The molecule has 1 aliphatic carbocycles. The Morgan fingerprint density at radius 1 is 1.32 bits per heavy atom. The van der Waals surface area contributed by atoms with Gasteiger partial charge in [-0.05, 0) is 37.1 Å². The molecule has 1 saturated carbocycles. The van der Waals surface area contributed by atoms with Gasteiger partial charge in [-0.15, -0.1) is 0 Å². The lowest BCUT2D eigenvalue weighted by atomic mass is 10.3. The summed E-state index contributed by atoms with van der Waals surface area (Å²) < 4.78 is 25.4. The minimum atomic E-state index is -3.84. The van der Waals surface area contributed by atoms with Crippen LogP contribution in [0.3, 0.4) is 0 Å². The number of rotatable bonds is 6. The van der Waals surface area contributed by atoms with Crippen molar-refractivity contribution in [2.45, 2.75) is 23.3 Å². The Morgan fingerprint density at radius 2 is 1.86 bits per heavy atom. The van der Waals surface area contributed by atoms with Crippen molar-refractivity contribution in [1.29, 1.82) is 0 Å². The lowest BCUT2D eigenvalue weighted by Gasteiger charge is -2.19. The average Bonchev–Trinajstić information content (AvgIpc) is 3.19. The summed E-state index contributed by atoms with van der Waals surface area (Å²) in [4.78, 5) is 22.8. The normalized spacial score (nSPS) is 16.3.